The maximum atomic E-state index is 11.2. The predicted molar refractivity (Wildman–Crippen MR) is 49.9 cm³/mol. The van der Waals surface area contributed by atoms with Crippen LogP contribution in [-0.4, -0.2) is 33.0 Å². The van der Waals surface area contributed by atoms with E-state index in [0.717, 1.165) is 25.7 Å². The molecule has 1 N–H and O–H groups in total. The molecule has 0 aliphatic heterocycles. The van der Waals surface area contributed by atoms with E-state index >= 15 is 0 Å². The van der Waals surface area contributed by atoms with Crippen molar-refractivity contribution in [2.45, 2.75) is 37.0 Å². The molecule has 0 spiro atoms. The molecule has 1 saturated carbocycles. The first-order chi connectivity index (χ1) is 5.54. The molecule has 0 aromatic heterocycles. The Bertz CT molecular complexity index is 227. The lowest BCUT2D eigenvalue weighted by molar-refractivity contribution is 0.392. The fraction of sp³-hybridized carbons (Fsp3) is 1.00. The van der Waals surface area contributed by atoms with Crippen molar-refractivity contribution in [2.24, 2.45) is 0 Å². The van der Waals surface area contributed by atoms with Gasteiger partial charge in [-0.1, -0.05) is 0 Å². The zero-order valence-corrected chi connectivity index (χ0v) is 8.52. The highest BCUT2D eigenvalue weighted by Crippen LogP contribution is 2.23. The van der Waals surface area contributed by atoms with Gasteiger partial charge >= 0.3 is 0 Å². The Labute approximate surface area is 74.5 Å². The maximum Gasteiger partial charge on any atom is 0.150 e. The Morgan fingerprint density at radius 3 is 2.00 bits per heavy atom. The van der Waals surface area contributed by atoms with Gasteiger partial charge in [-0.3, -0.25) is 0 Å². The molecule has 0 atom stereocenters. The number of rotatable bonds is 2. The van der Waals surface area contributed by atoms with Crippen LogP contribution in [0.2, 0.25) is 0 Å². The molecule has 3 nitrogen and oxygen atoms in total. The highest BCUT2D eigenvalue weighted by molar-refractivity contribution is 7.91. The van der Waals surface area contributed by atoms with E-state index < -0.39 is 9.84 Å². The van der Waals surface area contributed by atoms with Crippen molar-refractivity contribution >= 4 is 9.84 Å². The molecule has 0 saturated heterocycles. The van der Waals surface area contributed by atoms with E-state index in [1.807, 2.05) is 7.05 Å². The molecular weight excluding hydrogens is 174 g/mol. The lowest BCUT2D eigenvalue weighted by atomic mass is 9.95. The monoisotopic (exact) mass is 191 g/mol. The molecule has 0 bridgehead atoms. The first-order valence-corrected chi connectivity index (χ1v) is 6.35. The molecule has 1 fully saturated rings. The Kier molecular flexibility index (Phi) is 3.12. The summed E-state index contributed by atoms with van der Waals surface area (Å²) in [7, 11) is -0.849. The summed E-state index contributed by atoms with van der Waals surface area (Å²) in [6, 6.07) is 0.531. The number of sulfone groups is 1. The minimum Gasteiger partial charge on any atom is -0.317 e. The largest absolute Gasteiger partial charge is 0.317 e. The summed E-state index contributed by atoms with van der Waals surface area (Å²) < 4.78 is 22.3. The summed E-state index contributed by atoms with van der Waals surface area (Å²) >= 11 is 0. The molecule has 0 amide bonds. The molecule has 1 aliphatic rings. The van der Waals surface area contributed by atoms with Gasteiger partial charge < -0.3 is 5.32 Å². The van der Waals surface area contributed by atoms with Crippen LogP contribution in [0.4, 0.5) is 0 Å². The number of nitrogens with one attached hydrogen (secondary N) is 1. The number of hydrogen-bond donors (Lipinski definition) is 1. The van der Waals surface area contributed by atoms with Gasteiger partial charge in [-0.05, 0) is 32.7 Å². The SMILES string of the molecule is CNC1CCC(S(C)(=O)=O)CC1. The molecule has 0 unspecified atom stereocenters. The zero-order valence-electron chi connectivity index (χ0n) is 7.71. The Hall–Kier alpha value is -0.0900. The lowest BCUT2D eigenvalue weighted by Crippen LogP contribution is -2.34. The summed E-state index contributed by atoms with van der Waals surface area (Å²) in [6.45, 7) is 0. The summed E-state index contributed by atoms with van der Waals surface area (Å²) in [5.74, 6) is 0. The maximum absolute atomic E-state index is 11.2. The minimum atomic E-state index is -2.79. The molecule has 4 heteroatoms. The van der Waals surface area contributed by atoms with Gasteiger partial charge in [0.25, 0.3) is 0 Å². The van der Waals surface area contributed by atoms with Gasteiger partial charge in [-0.2, -0.15) is 0 Å². The predicted octanol–water partition coefficient (Wildman–Crippen LogP) is 0.562. The first kappa shape index (κ1) is 9.99. The van der Waals surface area contributed by atoms with Gasteiger partial charge in [0.2, 0.25) is 0 Å². The summed E-state index contributed by atoms with van der Waals surface area (Å²) in [6.07, 6.45) is 4.98. The van der Waals surface area contributed by atoms with Crippen LogP contribution < -0.4 is 5.32 Å². The van der Waals surface area contributed by atoms with Crippen LogP contribution in [0.25, 0.3) is 0 Å². The molecule has 0 radical (unpaired) electrons. The van der Waals surface area contributed by atoms with Crippen LogP contribution in [0.1, 0.15) is 25.7 Å². The average Bonchev–Trinajstić information content (AvgIpc) is 2.03. The van der Waals surface area contributed by atoms with Gasteiger partial charge in [-0.25, -0.2) is 8.42 Å². The van der Waals surface area contributed by atoms with Gasteiger partial charge in [0.05, 0.1) is 5.25 Å². The highest BCUT2D eigenvalue weighted by Gasteiger charge is 2.26. The van der Waals surface area contributed by atoms with E-state index in [1.54, 1.807) is 0 Å². The third-order valence-corrected chi connectivity index (χ3v) is 4.37. The normalized spacial score (nSPS) is 31.8. The van der Waals surface area contributed by atoms with E-state index in [1.165, 1.54) is 6.26 Å². The van der Waals surface area contributed by atoms with Crippen molar-refractivity contribution in [3.8, 4) is 0 Å². The van der Waals surface area contributed by atoms with Crippen LogP contribution >= 0.6 is 0 Å². The second kappa shape index (κ2) is 3.75. The van der Waals surface area contributed by atoms with E-state index in [9.17, 15) is 8.42 Å². The molecule has 72 valence electrons. The van der Waals surface area contributed by atoms with Crippen LogP contribution in [0.3, 0.4) is 0 Å². The summed E-state index contributed by atoms with van der Waals surface area (Å²) in [5, 5.41) is 3.10. The third-order valence-electron chi connectivity index (χ3n) is 2.69. The summed E-state index contributed by atoms with van der Waals surface area (Å²) in [5.41, 5.74) is 0. The van der Waals surface area contributed by atoms with E-state index in [0.29, 0.717) is 6.04 Å². The van der Waals surface area contributed by atoms with Gasteiger partial charge in [0, 0.05) is 12.3 Å². The van der Waals surface area contributed by atoms with E-state index in [2.05, 4.69) is 5.32 Å². The smallest absolute Gasteiger partial charge is 0.150 e. The third kappa shape index (κ3) is 2.45. The molecule has 0 aromatic carbocycles. The van der Waals surface area contributed by atoms with Crippen LogP contribution in [0, 0.1) is 0 Å². The topological polar surface area (TPSA) is 46.2 Å². The molecular formula is C8H17NO2S. The van der Waals surface area contributed by atoms with Crippen LogP contribution in [0.5, 0.6) is 0 Å². The first-order valence-electron chi connectivity index (χ1n) is 4.40. The van der Waals surface area contributed by atoms with Crippen LogP contribution in [0.15, 0.2) is 0 Å². The van der Waals surface area contributed by atoms with Gasteiger partial charge in [0.1, 0.15) is 9.84 Å². The molecule has 0 aromatic rings. The zero-order chi connectivity index (χ0) is 9.19. The van der Waals surface area contributed by atoms with Crippen molar-refractivity contribution in [3.05, 3.63) is 0 Å². The average molecular weight is 191 g/mol. The highest BCUT2D eigenvalue weighted by atomic mass is 32.2. The fourth-order valence-corrected chi connectivity index (χ4v) is 2.91. The molecule has 12 heavy (non-hydrogen) atoms. The van der Waals surface area contributed by atoms with Crippen molar-refractivity contribution in [3.63, 3.8) is 0 Å². The molecule has 1 aliphatic carbocycles. The summed E-state index contributed by atoms with van der Waals surface area (Å²) in [4.78, 5) is 0. The van der Waals surface area contributed by atoms with E-state index in [-0.39, 0.29) is 5.25 Å². The minimum absolute atomic E-state index is 0.0814. The second-order valence-corrected chi connectivity index (χ2v) is 5.92. The number of hydrogen-bond acceptors (Lipinski definition) is 3. The molecule has 1 rings (SSSR count). The van der Waals surface area contributed by atoms with E-state index in [4.69, 9.17) is 0 Å². The van der Waals surface area contributed by atoms with Gasteiger partial charge in [-0.15, -0.1) is 0 Å². The van der Waals surface area contributed by atoms with Gasteiger partial charge in [0.15, 0.2) is 0 Å². The second-order valence-electron chi connectivity index (χ2n) is 3.59. The van der Waals surface area contributed by atoms with Crippen molar-refractivity contribution < 1.29 is 8.42 Å². The quantitative estimate of drug-likeness (QED) is 0.694. The Morgan fingerprint density at radius 2 is 1.67 bits per heavy atom. The Morgan fingerprint density at radius 1 is 1.17 bits per heavy atom. The standard InChI is InChI=1S/C8H17NO2S/c1-9-7-3-5-8(6-4-7)12(2,10)11/h7-9H,3-6H2,1-2H3. The molecule has 0 heterocycles. The van der Waals surface area contributed by atoms with Crippen molar-refractivity contribution in [1.29, 1.82) is 0 Å². The van der Waals surface area contributed by atoms with Crippen molar-refractivity contribution in [1.82, 2.24) is 5.32 Å². The Balaban J connectivity index is 2.47. The van der Waals surface area contributed by atoms with Crippen LogP contribution in [-0.2, 0) is 9.84 Å². The fourth-order valence-electron chi connectivity index (χ4n) is 1.78. The lowest BCUT2D eigenvalue weighted by Gasteiger charge is -2.26. The van der Waals surface area contributed by atoms with Crippen molar-refractivity contribution in [2.75, 3.05) is 13.3 Å².